The number of rotatable bonds is 6. The number of fused-ring (bicyclic) bond motifs is 1. The van der Waals surface area contributed by atoms with Crippen LogP contribution in [0.15, 0.2) is 34.4 Å². The molecule has 7 nitrogen and oxygen atoms in total. The smallest absolute Gasteiger partial charge is 0.291 e. The van der Waals surface area contributed by atoms with Gasteiger partial charge in [0.2, 0.25) is 10.7 Å². The normalized spacial score (nSPS) is 12.2. The SMILES string of the molecule is COc1cc(C=c2sc3nc(C=Cc4cccs4)nn3c2=O)cc(OC)c1OC. The number of benzene rings is 1. The maximum Gasteiger partial charge on any atom is 0.291 e. The molecule has 9 heteroatoms. The number of ether oxygens (including phenoxy) is 3. The molecule has 0 N–H and O–H groups in total. The molecule has 0 spiro atoms. The van der Waals surface area contributed by atoms with Crippen molar-refractivity contribution < 1.29 is 14.2 Å². The van der Waals surface area contributed by atoms with Crippen LogP contribution in [0.2, 0.25) is 0 Å². The van der Waals surface area contributed by atoms with Crippen molar-refractivity contribution in [2.75, 3.05) is 21.3 Å². The first kappa shape index (κ1) is 19.2. The quantitative estimate of drug-likeness (QED) is 0.471. The molecule has 0 bridgehead atoms. The minimum Gasteiger partial charge on any atom is -0.493 e. The van der Waals surface area contributed by atoms with Crippen LogP contribution >= 0.6 is 22.7 Å². The molecule has 0 radical (unpaired) electrons. The fourth-order valence-corrected chi connectivity index (χ4v) is 4.33. The fraction of sp³-hybridized carbons (Fsp3) is 0.150. The molecule has 3 aromatic heterocycles. The topological polar surface area (TPSA) is 75.0 Å². The maximum absolute atomic E-state index is 12.7. The van der Waals surface area contributed by atoms with Crippen molar-refractivity contribution in [1.29, 1.82) is 0 Å². The Labute approximate surface area is 174 Å². The van der Waals surface area contributed by atoms with Gasteiger partial charge in [0.15, 0.2) is 17.3 Å². The van der Waals surface area contributed by atoms with Gasteiger partial charge in [-0.15, -0.1) is 16.4 Å². The molecule has 3 heterocycles. The molecule has 0 saturated heterocycles. The number of thiazole rings is 1. The summed E-state index contributed by atoms with van der Waals surface area (Å²) in [5.41, 5.74) is 0.529. The van der Waals surface area contributed by atoms with E-state index in [1.54, 1.807) is 57.0 Å². The van der Waals surface area contributed by atoms with Gasteiger partial charge in [0.05, 0.1) is 25.9 Å². The second-order valence-corrected chi connectivity index (χ2v) is 7.88. The number of thiophene rings is 1. The van der Waals surface area contributed by atoms with Crippen LogP contribution in [-0.4, -0.2) is 35.9 Å². The van der Waals surface area contributed by atoms with E-state index < -0.39 is 0 Å². The van der Waals surface area contributed by atoms with Gasteiger partial charge in [0.1, 0.15) is 0 Å². The molecule has 0 aliphatic carbocycles. The van der Waals surface area contributed by atoms with E-state index >= 15 is 0 Å². The van der Waals surface area contributed by atoms with Crippen LogP contribution in [0.4, 0.5) is 0 Å². The lowest BCUT2D eigenvalue weighted by atomic mass is 10.1. The Morgan fingerprint density at radius 1 is 1.07 bits per heavy atom. The molecule has 0 unspecified atom stereocenters. The largest absolute Gasteiger partial charge is 0.493 e. The lowest BCUT2D eigenvalue weighted by molar-refractivity contribution is 0.324. The molecule has 0 amide bonds. The highest BCUT2D eigenvalue weighted by Gasteiger charge is 2.13. The molecule has 0 fully saturated rings. The number of nitrogens with zero attached hydrogens (tertiary/aromatic N) is 3. The summed E-state index contributed by atoms with van der Waals surface area (Å²) in [6, 6.07) is 7.55. The number of methoxy groups -OCH3 is 3. The van der Waals surface area contributed by atoms with Gasteiger partial charge in [-0.1, -0.05) is 17.4 Å². The maximum atomic E-state index is 12.7. The second kappa shape index (κ2) is 8.06. The first-order valence-corrected chi connectivity index (χ1v) is 10.3. The van der Waals surface area contributed by atoms with Crippen LogP contribution in [0.3, 0.4) is 0 Å². The molecule has 4 rings (SSSR count). The van der Waals surface area contributed by atoms with Gasteiger partial charge < -0.3 is 14.2 Å². The fourth-order valence-electron chi connectivity index (χ4n) is 2.80. The highest BCUT2D eigenvalue weighted by atomic mass is 32.1. The number of hydrogen-bond donors (Lipinski definition) is 0. The van der Waals surface area contributed by atoms with Crippen molar-refractivity contribution in [3.8, 4) is 17.2 Å². The van der Waals surface area contributed by atoms with Gasteiger partial charge >= 0.3 is 0 Å². The van der Waals surface area contributed by atoms with Crippen molar-refractivity contribution in [3.63, 3.8) is 0 Å². The second-order valence-electron chi connectivity index (χ2n) is 5.89. The first-order valence-electron chi connectivity index (χ1n) is 8.56. The molecular formula is C20H17N3O4S2. The summed E-state index contributed by atoms with van der Waals surface area (Å²) in [6.07, 6.45) is 5.49. The molecule has 0 atom stereocenters. The summed E-state index contributed by atoms with van der Waals surface area (Å²) in [7, 11) is 4.65. The predicted octanol–water partition coefficient (Wildman–Crippen LogP) is 2.96. The molecule has 4 aromatic rings. The van der Waals surface area contributed by atoms with Gasteiger partial charge in [-0.25, -0.2) is 0 Å². The van der Waals surface area contributed by atoms with Gasteiger partial charge in [0.25, 0.3) is 5.56 Å². The summed E-state index contributed by atoms with van der Waals surface area (Å²) in [5, 5.41) is 6.30. The minimum atomic E-state index is -0.220. The lowest BCUT2D eigenvalue weighted by Crippen LogP contribution is -2.23. The van der Waals surface area contributed by atoms with Crippen molar-refractivity contribution >= 4 is 45.9 Å². The molecule has 0 aliphatic heterocycles. The van der Waals surface area contributed by atoms with Crippen LogP contribution in [0.5, 0.6) is 17.2 Å². The Bertz CT molecular complexity index is 1260. The van der Waals surface area contributed by atoms with Crippen LogP contribution in [0.1, 0.15) is 16.3 Å². The highest BCUT2D eigenvalue weighted by molar-refractivity contribution is 7.15. The molecule has 0 saturated carbocycles. The van der Waals surface area contributed by atoms with Crippen molar-refractivity contribution in [2.45, 2.75) is 0 Å². The third kappa shape index (κ3) is 3.74. The highest BCUT2D eigenvalue weighted by Crippen LogP contribution is 2.38. The summed E-state index contributed by atoms with van der Waals surface area (Å²) >= 11 is 2.90. The van der Waals surface area contributed by atoms with Gasteiger partial charge in [-0.2, -0.15) is 9.50 Å². The molecule has 148 valence electrons. The Balaban J connectivity index is 1.73. The third-order valence-corrected chi connectivity index (χ3v) is 5.92. The van der Waals surface area contributed by atoms with Crippen molar-refractivity contribution in [1.82, 2.24) is 14.6 Å². The Morgan fingerprint density at radius 2 is 1.83 bits per heavy atom. The van der Waals surface area contributed by atoms with Crippen LogP contribution in [0, 0.1) is 0 Å². The zero-order chi connectivity index (χ0) is 20.4. The van der Waals surface area contributed by atoms with Crippen LogP contribution < -0.4 is 24.3 Å². The Hall–Kier alpha value is -3.17. The molecule has 1 aromatic carbocycles. The Morgan fingerprint density at radius 3 is 2.41 bits per heavy atom. The van der Waals surface area contributed by atoms with E-state index in [4.69, 9.17) is 14.2 Å². The van der Waals surface area contributed by atoms with E-state index in [-0.39, 0.29) is 5.56 Å². The number of aromatic nitrogens is 3. The van der Waals surface area contributed by atoms with E-state index in [1.165, 1.54) is 15.9 Å². The summed E-state index contributed by atoms with van der Waals surface area (Å²) in [4.78, 5) is 18.8. The van der Waals surface area contributed by atoms with E-state index in [2.05, 4.69) is 10.1 Å². The van der Waals surface area contributed by atoms with E-state index in [0.29, 0.717) is 32.6 Å². The number of hydrogen-bond acceptors (Lipinski definition) is 8. The van der Waals surface area contributed by atoms with Crippen molar-refractivity contribution in [2.24, 2.45) is 0 Å². The van der Waals surface area contributed by atoms with E-state index in [0.717, 1.165) is 10.4 Å². The first-order chi connectivity index (χ1) is 14.1. The lowest BCUT2D eigenvalue weighted by Gasteiger charge is -2.12. The molecule has 29 heavy (non-hydrogen) atoms. The summed E-state index contributed by atoms with van der Waals surface area (Å²) in [5.74, 6) is 2.04. The van der Waals surface area contributed by atoms with Crippen molar-refractivity contribution in [3.05, 3.63) is 60.8 Å². The van der Waals surface area contributed by atoms with Gasteiger partial charge in [-0.3, -0.25) is 4.79 Å². The third-order valence-electron chi connectivity index (χ3n) is 4.12. The average molecular weight is 428 g/mol. The Kier molecular flexibility index (Phi) is 5.32. The van der Waals surface area contributed by atoms with Crippen LogP contribution in [0.25, 0.3) is 23.2 Å². The average Bonchev–Trinajstić information content (AvgIpc) is 3.45. The van der Waals surface area contributed by atoms with Gasteiger partial charge in [-0.05, 0) is 47.4 Å². The standard InChI is InChI=1S/C20H17N3O4S2/c1-25-14-9-12(10-15(26-2)18(14)27-3)11-16-19(24)23-20(29-16)21-17(22-23)7-6-13-5-4-8-28-13/h4-11H,1-3H3. The van der Waals surface area contributed by atoms with E-state index in [1.807, 2.05) is 23.6 Å². The predicted molar refractivity (Wildman–Crippen MR) is 115 cm³/mol. The van der Waals surface area contributed by atoms with Crippen LogP contribution in [-0.2, 0) is 0 Å². The monoisotopic (exact) mass is 427 g/mol. The molecular weight excluding hydrogens is 410 g/mol. The summed E-state index contributed by atoms with van der Waals surface area (Å²) in [6.45, 7) is 0. The van der Waals surface area contributed by atoms with Gasteiger partial charge in [0, 0.05) is 4.88 Å². The van der Waals surface area contributed by atoms with E-state index in [9.17, 15) is 4.79 Å². The zero-order valence-electron chi connectivity index (χ0n) is 15.9. The molecule has 0 aliphatic rings. The zero-order valence-corrected chi connectivity index (χ0v) is 17.5. The minimum absolute atomic E-state index is 0.220. The summed E-state index contributed by atoms with van der Waals surface area (Å²) < 4.78 is 17.9.